The van der Waals surface area contributed by atoms with Gasteiger partial charge in [0.1, 0.15) is 5.75 Å². The first-order chi connectivity index (χ1) is 14.4. The van der Waals surface area contributed by atoms with E-state index in [0.29, 0.717) is 32.7 Å². The number of fused-ring (bicyclic) bond motifs is 1. The molecule has 5 heteroatoms. The maximum Gasteiger partial charge on any atom is 0.228 e. The quantitative estimate of drug-likeness (QED) is 0.635. The van der Waals surface area contributed by atoms with Crippen molar-refractivity contribution >= 4 is 5.91 Å². The van der Waals surface area contributed by atoms with Crippen molar-refractivity contribution in [2.45, 2.75) is 47.1 Å². The van der Waals surface area contributed by atoms with Crippen LogP contribution in [-0.4, -0.2) is 37.7 Å². The van der Waals surface area contributed by atoms with Gasteiger partial charge in [0, 0.05) is 18.5 Å². The van der Waals surface area contributed by atoms with Crippen LogP contribution in [0.4, 0.5) is 0 Å². The Hall–Kier alpha value is -2.69. The first-order valence-electron chi connectivity index (χ1n) is 10.7. The monoisotopic (exact) mass is 411 g/mol. The van der Waals surface area contributed by atoms with Crippen LogP contribution in [0.25, 0.3) is 0 Å². The number of benzene rings is 2. The van der Waals surface area contributed by atoms with Crippen molar-refractivity contribution in [3.63, 3.8) is 0 Å². The molecule has 0 fully saturated rings. The number of hydrogen-bond acceptors (Lipinski definition) is 4. The summed E-state index contributed by atoms with van der Waals surface area (Å²) in [6.45, 7) is 10.4. The van der Waals surface area contributed by atoms with Crippen molar-refractivity contribution in [2.24, 2.45) is 5.41 Å². The molecule has 0 atom stereocenters. The largest absolute Gasteiger partial charge is 0.496 e. The highest BCUT2D eigenvalue weighted by atomic mass is 16.5. The van der Waals surface area contributed by atoms with Crippen molar-refractivity contribution in [1.82, 2.24) is 4.90 Å². The third kappa shape index (κ3) is 4.72. The van der Waals surface area contributed by atoms with Crippen LogP contribution < -0.4 is 14.2 Å². The Morgan fingerprint density at radius 3 is 2.27 bits per heavy atom. The van der Waals surface area contributed by atoms with Crippen LogP contribution in [0.1, 0.15) is 44.4 Å². The summed E-state index contributed by atoms with van der Waals surface area (Å²) >= 11 is 0. The number of para-hydroxylation sites is 1. The van der Waals surface area contributed by atoms with Crippen LogP contribution in [0.2, 0.25) is 0 Å². The van der Waals surface area contributed by atoms with E-state index in [9.17, 15) is 4.79 Å². The van der Waals surface area contributed by atoms with E-state index in [1.54, 1.807) is 7.11 Å². The van der Waals surface area contributed by atoms with Gasteiger partial charge < -0.3 is 19.1 Å². The van der Waals surface area contributed by atoms with Crippen LogP contribution in [0.5, 0.6) is 17.2 Å². The molecular formula is C25H33NO4. The zero-order valence-electron chi connectivity index (χ0n) is 18.8. The molecule has 0 saturated heterocycles. The number of methoxy groups -OCH3 is 1. The normalized spacial score (nSPS) is 13.6. The summed E-state index contributed by atoms with van der Waals surface area (Å²) < 4.78 is 17.0. The summed E-state index contributed by atoms with van der Waals surface area (Å²) in [6, 6.07) is 12.0. The Balaban J connectivity index is 1.79. The Kier molecular flexibility index (Phi) is 6.91. The lowest BCUT2D eigenvalue weighted by atomic mass is 9.83. The van der Waals surface area contributed by atoms with Gasteiger partial charge in [-0.05, 0) is 61.6 Å². The molecule has 0 N–H and O–H groups in total. The fourth-order valence-electron chi connectivity index (χ4n) is 4.10. The number of carbonyl (C=O) groups excluding carboxylic acids is 1. The predicted molar refractivity (Wildman–Crippen MR) is 118 cm³/mol. The van der Waals surface area contributed by atoms with Crippen molar-refractivity contribution in [1.29, 1.82) is 0 Å². The van der Waals surface area contributed by atoms with E-state index in [2.05, 4.69) is 6.07 Å². The molecule has 162 valence electrons. The highest BCUT2D eigenvalue weighted by molar-refractivity contribution is 5.82. The number of carbonyl (C=O) groups is 1. The lowest BCUT2D eigenvalue weighted by Crippen LogP contribution is -2.44. The predicted octanol–water partition coefficient (Wildman–Crippen LogP) is 4.65. The van der Waals surface area contributed by atoms with Gasteiger partial charge in [-0.2, -0.15) is 0 Å². The first kappa shape index (κ1) is 22.0. The first-order valence-corrected chi connectivity index (χ1v) is 10.7. The van der Waals surface area contributed by atoms with Crippen molar-refractivity contribution in [3.8, 4) is 17.2 Å². The molecule has 0 aliphatic carbocycles. The second-order valence-corrected chi connectivity index (χ2v) is 8.28. The number of amides is 1. The third-order valence-corrected chi connectivity index (χ3v) is 5.57. The average Bonchev–Trinajstić information content (AvgIpc) is 2.73. The minimum Gasteiger partial charge on any atom is -0.496 e. The standard InChI is InChI=1S/C25H33NO4/c1-6-29-22-14-18-12-13-26(17-20(18)15-23(22)30-7-2)24(27)25(3,4)16-19-10-8-9-11-21(19)28-5/h8-11,14-15H,6-7,12-13,16-17H2,1-5H3. The number of rotatable bonds is 8. The maximum absolute atomic E-state index is 13.4. The van der Waals surface area contributed by atoms with Gasteiger partial charge in [0.15, 0.2) is 11.5 Å². The fraction of sp³-hybridized carbons (Fsp3) is 0.480. The molecule has 2 aromatic rings. The second kappa shape index (κ2) is 9.41. The minimum absolute atomic E-state index is 0.158. The number of nitrogens with zero attached hydrogens (tertiary/aromatic N) is 1. The van der Waals surface area contributed by atoms with E-state index < -0.39 is 5.41 Å². The number of ether oxygens (including phenoxy) is 3. The van der Waals surface area contributed by atoms with Gasteiger partial charge >= 0.3 is 0 Å². The minimum atomic E-state index is -0.528. The molecule has 2 aromatic carbocycles. The molecule has 0 bridgehead atoms. The zero-order chi connectivity index (χ0) is 21.7. The lowest BCUT2D eigenvalue weighted by molar-refractivity contribution is -0.141. The average molecular weight is 412 g/mol. The molecule has 0 radical (unpaired) electrons. The second-order valence-electron chi connectivity index (χ2n) is 8.28. The SMILES string of the molecule is CCOc1cc2c(cc1OCC)CN(C(=O)C(C)(C)Cc1ccccc1OC)CC2. The Labute approximate surface area is 179 Å². The molecular weight excluding hydrogens is 378 g/mol. The third-order valence-electron chi connectivity index (χ3n) is 5.57. The smallest absolute Gasteiger partial charge is 0.228 e. The maximum atomic E-state index is 13.4. The summed E-state index contributed by atoms with van der Waals surface area (Å²) in [6.07, 6.45) is 1.45. The topological polar surface area (TPSA) is 48.0 Å². The van der Waals surface area contributed by atoms with Crippen LogP contribution in [0.3, 0.4) is 0 Å². The molecule has 1 aliphatic heterocycles. The number of hydrogen-bond donors (Lipinski definition) is 0. The molecule has 0 saturated carbocycles. The van der Waals surface area contributed by atoms with Crippen molar-refractivity contribution in [3.05, 3.63) is 53.1 Å². The van der Waals surface area contributed by atoms with Crippen LogP contribution >= 0.6 is 0 Å². The van der Waals surface area contributed by atoms with Gasteiger partial charge in [-0.1, -0.05) is 32.0 Å². The van der Waals surface area contributed by atoms with Gasteiger partial charge in [-0.15, -0.1) is 0 Å². The summed E-state index contributed by atoms with van der Waals surface area (Å²) in [5, 5.41) is 0. The van der Waals surface area contributed by atoms with Gasteiger partial charge in [-0.25, -0.2) is 0 Å². The Morgan fingerprint density at radius 2 is 1.63 bits per heavy atom. The molecule has 0 aromatic heterocycles. The molecule has 1 amide bonds. The van der Waals surface area contributed by atoms with Crippen LogP contribution in [0.15, 0.2) is 36.4 Å². The molecule has 0 spiro atoms. The van der Waals surface area contributed by atoms with Crippen LogP contribution in [-0.2, 0) is 24.2 Å². The van der Waals surface area contributed by atoms with E-state index >= 15 is 0 Å². The van der Waals surface area contributed by atoms with Gasteiger partial charge in [-0.3, -0.25) is 4.79 Å². The Morgan fingerprint density at radius 1 is 1.00 bits per heavy atom. The highest BCUT2D eigenvalue weighted by Gasteiger charge is 2.34. The van der Waals surface area contributed by atoms with Gasteiger partial charge in [0.25, 0.3) is 0 Å². The molecule has 30 heavy (non-hydrogen) atoms. The Bertz CT molecular complexity index is 891. The van der Waals surface area contributed by atoms with Crippen LogP contribution in [0, 0.1) is 5.41 Å². The van der Waals surface area contributed by atoms with E-state index in [4.69, 9.17) is 14.2 Å². The molecule has 5 nitrogen and oxygen atoms in total. The molecule has 0 unspecified atom stereocenters. The lowest BCUT2D eigenvalue weighted by Gasteiger charge is -2.36. The van der Waals surface area contributed by atoms with E-state index in [1.165, 1.54) is 5.56 Å². The van der Waals surface area contributed by atoms with E-state index in [-0.39, 0.29) is 5.91 Å². The highest BCUT2D eigenvalue weighted by Crippen LogP contribution is 2.36. The molecule has 1 heterocycles. The van der Waals surface area contributed by atoms with Crippen molar-refractivity contribution in [2.75, 3.05) is 26.9 Å². The molecule has 1 aliphatic rings. The zero-order valence-corrected chi connectivity index (χ0v) is 18.8. The van der Waals surface area contributed by atoms with Gasteiger partial charge in [0.2, 0.25) is 5.91 Å². The summed E-state index contributed by atoms with van der Waals surface area (Å²) in [7, 11) is 1.67. The summed E-state index contributed by atoms with van der Waals surface area (Å²) in [5.41, 5.74) is 2.89. The van der Waals surface area contributed by atoms with E-state index in [0.717, 1.165) is 34.8 Å². The summed E-state index contributed by atoms with van der Waals surface area (Å²) in [5.74, 6) is 2.52. The van der Waals surface area contributed by atoms with Gasteiger partial charge in [0.05, 0.1) is 20.3 Å². The summed E-state index contributed by atoms with van der Waals surface area (Å²) in [4.78, 5) is 15.4. The molecule has 3 rings (SSSR count). The fourth-order valence-corrected chi connectivity index (χ4v) is 4.10. The van der Waals surface area contributed by atoms with E-state index in [1.807, 2.05) is 62.9 Å². The van der Waals surface area contributed by atoms with Crippen molar-refractivity contribution < 1.29 is 19.0 Å².